The van der Waals surface area contributed by atoms with Crippen LogP contribution in [0.25, 0.3) is 0 Å². The molecular formula is C19H28N2O4. The summed E-state index contributed by atoms with van der Waals surface area (Å²) in [6.45, 7) is 7.15. The normalized spacial score (nSPS) is 16.6. The summed E-state index contributed by atoms with van der Waals surface area (Å²) >= 11 is 0. The molecule has 6 heteroatoms. The van der Waals surface area contributed by atoms with Crippen LogP contribution in [-0.4, -0.2) is 47.1 Å². The fraction of sp³-hybridized carbons (Fsp3) is 0.579. The average molecular weight is 348 g/mol. The van der Waals surface area contributed by atoms with Gasteiger partial charge in [0.05, 0.1) is 0 Å². The minimum absolute atomic E-state index is 0.0708. The van der Waals surface area contributed by atoms with Crippen molar-refractivity contribution in [2.45, 2.75) is 52.2 Å². The number of piperidine rings is 1. The number of carbonyl (C=O) groups is 2. The van der Waals surface area contributed by atoms with E-state index in [1.165, 1.54) is 12.1 Å². The van der Waals surface area contributed by atoms with Crippen molar-refractivity contribution >= 4 is 11.8 Å². The summed E-state index contributed by atoms with van der Waals surface area (Å²) in [5.41, 5.74) is 0. The highest BCUT2D eigenvalue weighted by molar-refractivity contribution is 5.81. The Morgan fingerprint density at radius 2 is 1.80 bits per heavy atom. The molecular weight excluding hydrogens is 320 g/mol. The molecule has 0 bridgehead atoms. The Morgan fingerprint density at radius 1 is 1.20 bits per heavy atom. The molecule has 1 aliphatic heterocycles. The molecule has 2 N–H and O–H groups in total. The molecule has 0 radical (unpaired) electrons. The number of carbonyl (C=O) groups excluding carboxylic acids is 2. The van der Waals surface area contributed by atoms with Crippen LogP contribution in [0.5, 0.6) is 11.5 Å². The lowest BCUT2D eigenvalue weighted by atomic mass is 10.0. The van der Waals surface area contributed by atoms with Crippen LogP contribution in [-0.2, 0) is 9.59 Å². The summed E-state index contributed by atoms with van der Waals surface area (Å²) in [4.78, 5) is 26.2. The van der Waals surface area contributed by atoms with E-state index in [0.29, 0.717) is 31.2 Å². The van der Waals surface area contributed by atoms with Crippen molar-refractivity contribution in [1.82, 2.24) is 10.2 Å². The average Bonchev–Trinajstić information content (AvgIpc) is 2.57. The molecule has 0 spiro atoms. The molecule has 1 unspecified atom stereocenters. The number of benzene rings is 1. The number of phenols is 1. The predicted molar refractivity (Wildman–Crippen MR) is 95.4 cm³/mol. The molecule has 2 rings (SSSR count). The van der Waals surface area contributed by atoms with Gasteiger partial charge >= 0.3 is 0 Å². The molecule has 1 saturated heterocycles. The Bertz CT molecular complexity index is 578. The van der Waals surface area contributed by atoms with Crippen molar-refractivity contribution < 1.29 is 19.4 Å². The van der Waals surface area contributed by atoms with Crippen LogP contribution in [0.4, 0.5) is 0 Å². The molecule has 1 aliphatic rings. The number of amides is 2. The lowest BCUT2D eigenvalue weighted by Crippen LogP contribution is -2.49. The zero-order valence-corrected chi connectivity index (χ0v) is 15.2. The van der Waals surface area contributed by atoms with Gasteiger partial charge in [-0.15, -0.1) is 0 Å². The number of nitrogens with one attached hydrogen (secondary N) is 1. The van der Waals surface area contributed by atoms with E-state index in [9.17, 15) is 14.7 Å². The van der Waals surface area contributed by atoms with Gasteiger partial charge in [0.2, 0.25) is 5.91 Å². The Hall–Kier alpha value is -2.24. The number of phenolic OH excluding ortho intramolecular Hbond substituents is 1. The van der Waals surface area contributed by atoms with Crippen molar-refractivity contribution in [3.8, 4) is 11.5 Å². The highest BCUT2D eigenvalue weighted by Gasteiger charge is 2.25. The van der Waals surface area contributed by atoms with E-state index in [4.69, 9.17) is 4.74 Å². The number of hydrogen-bond acceptors (Lipinski definition) is 4. The molecule has 2 amide bonds. The van der Waals surface area contributed by atoms with Crippen LogP contribution >= 0.6 is 0 Å². The van der Waals surface area contributed by atoms with Crippen molar-refractivity contribution in [3.05, 3.63) is 24.3 Å². The van der Waals surface area contributed by atoms with E-state index >= 15 is 0 Å². The van der Waals surface area contributed by atoms with Crippen molar-refractivity contribution in [2.24, 2.45) is 5.92 Å². The van der Waals surface area contributed by atoms with E-state index in [-0.39, 0.29) is 23.6 Å². The first-order valence-corrected chi connectivity index (χ1v) is 8.89. The number of nitrogens with zero attached hydrogens (tertiary/aromatic N) is 1. The Kier molecular flexibility index (Phi) is 6.67. The quantitative estimate of drug-likeness (QED) is 0.827. The fourth-order valence-corrected chi connectivity index (χ4v) is 2.85. The van der Waals surface area contributed by atoms with Crippen LogP contribution in [0.3, 0.4) is 0 Å². The number of aromatic hydroxyl groups is 1. The van der Waals surface area contributed by atoms with Gasteiger partial charge in [-0.1, -0.05) is 13.8 Å². The highest BCUT2D eigenvalue weighted by Crippen LogP contribution is 2.18. The molecule has 0 aliphatic carbocycles. The molecule has 1 heterocycles. The zero-order chi connectivity index (χ0) is 18.4. The fourth-order valence-electron chi connectivity index (χ4n) is 2.85. The van der Waals surface area contributed by atoms with Gasteiger partial charge in [0, 0.05) is 25.6 Å². The van der Waals surface area contributed by atoms with Gasteiger partial charge in [0.25, 0.3) is 5.91 Å². The molecule has 25 heavy (non-hydrogen) atoms. The summed E-state index contributed by atoms with van der Waals surface area (Å²) in [5.74, 6) is 1.09. The van der Waals surface area contributed by atoms with Crippen molar-refractivity contribution in [1.29, 1.82) is 0 Å². The lowest BCUT2D eigenvalue weighted by molar-refractivity contribution is -0.133. The summed E-state index contributed by atoms with van der Waals surface area (Å²) in [7, 11) is 0. The Labute approximate surface area is 149 Å². The van der Waals surface area contributed by atoms with Crippen LogP contribution in [0.2, 0.25) is 0 Å². The standard InChI is InChI=1S/C19H28N2O4/c1-13(2)12-18(23)21-10-8-15(9-11-21)20-19(24)14(3)25-17-6-4-16(22)5-7-17/h4-7,13-15,22H,8-12H2,1-3H3,(H,20,24). The van der Waals surface area contributed by atoms with Crippen molar-refractivity contribution in [3.63, 3.8) is 0 Å². The molecule has 138 valence electrons. The first-order valence-electron chi connectivity index (χ1n) is 8.89. The van der Waals surface area contributed by atoms with E-state index in [1.807, 2.05) is 18.7 Å². The third-order valence-electron chi connectivity index (χ3n) is 4.30. The van der Waals surface area contributed by atoms with E-state index in [1.54, 1.807) is 19.1 Å². The zero-order valence-electron chi connectivity index (χ0n) is 15.2. The molecule has 0 aromatic heterocycles. The summed E-state index contributed by atoms with van der Waals surface area (Å²) < 4.78 is 5.59. The van der Waals surface area contributed by atoms with E-state index in [0.717, 1.165) is 12.8 Å². The van der Waals surface area contributed by atoms with Crippen LogP contribution in [0, 0.1) is 5.92 Å². The van der Waals surface area contributed by atoms with Gasteiger partial charge in [-0.05, 0) is 49.9 Å². The third-order valence-corrected chi connectivity index (χ3v) is 4.30. The topological polar surface area (TPSA) is 78.9 Å². The lowest BCUT2D eigenvalue weighted by Gasteiger charge is -2.33. The summed E-state index contributed by atoms with van der Waals surface area (Å²) in [6, 6.07) is 6.35. The summed E-state index contributed by atoms with van der Waals surface area (Å²) in [6.07, 6.45) is 1.49. The minimum atomic E-state index is -0.620. The minimum Gasteiger partial charge on any atom is -0.508 e. The molecule has 1 fully saturated rings. The molecule has 0 saturated carbocycles. The number of ether oxygens (including phenoxy) is 1. The molecule has 1 aromatic carbocycles. The van der Waals surface area contributed by atoms with Gasteiger partial charge in [0.15, 0.2) is 6.10 Å². The van der Waals surface area contributed by atoms with Gasteiger partial charge in [0.1, 0.15) is 11.5 Å². The third kappa shape index (κ3) is 5.96. The maximum atomic E-state index is 12.3. The second-order valence-corrected chi connectivity index (χ2v) is 7.02. The number of rotatable bonds is 6. The van der Waals surface area contributed by atoms with Gasteiger partial charge < -0.3 is 20.1 Å². The smallest absolute Gasteiger partial charge is 0.260 e. The monoisotopic (exact) mass is 348 g/mol. The first kappa shape index (κ1) is 19.1. The van der Waals surface area contributed by atoms with E-state index < -0.39 is 6.10 Å². The van der Waals surface area contributed by atoms with Gasteiger partial charge in [-0.2, -0.15) is 0 Å². The Balaban J connectivity index is 1.76. The molecule has 1 atom stereocenters. The SMILES string of the molecule is CC(C)CC(=O)N1CCC(NC(=O)C(C)Oc2ccc(O)cc2)CC1. The number of likely N-dealkylation sites (tertiary alicyclic amines) is 1. The highest BCUT2D eigenvalue weighted by atomic mass is 16.5. The second kappa shape index (κ2) is 8.74. The van der Waals surface area contributed by atoms with Gasteiger partial charge in [-0.25, -0.2) is 0 Å². The Morgan fingerprint density at radius 3 is 2.36 bits per heavy atom. The van der Waals surface area contributed by atoms with Gasteiger partial charge in [-0.3, -0.25) is 9.59 Å². The van der Waals surface area contributed by atoms with Crippen LogP contribution < -0.4 is 10.1 Å². The molecule has 6 nitrogen and oxygen atoms in total. The van der Waals surface area contributed by atoms with Crippen molar-refractivity contribution in [2.75, 3.05) is 13.1 Å². The summed E-state index contributed by atoms with van der Waals surface area (Å²) in [5, 5.41) is 12.3. The second-order valence-electron chi connectivity index (χ2n) is 7.02. The van der Waals surface area contributed by atoms with Crippen LogP contribution in [0.15, 0.2) is 24.3 Å². The maximum Gasteiger partial charge on any atom is 0.260 e. The maximum absolute atomic E-state index is 12.3. The van der Waals surface area contributed by atoms with E-state index in [2.05, 4.69) is 5.32 Å². The first-order chi connectivity index (χ1) is 11.8. The molecule has 1 aromatic rings. The number of hydrogen-bond donors (Lipinski definition) is 2. The van der Waals surface area contributed by atoms with Crippen LogP contribution in [0.1, 0.15) is 40.0 Å². The largest absolute Gasteiger partial charge is 0.508 e. The predicted octanol–water partition coefficient (Wildman–Crippen LogP) is 2.31.